The Bertz CT molecular complexity index is 1050. The Labute approximate surface area is 172 Å². The highest BCUT2D eigenvalue weighted by Gasteiger charge is 2.27. The normalized spacial score (nSPS) is 12.2. The van der Waals surface area contributed by atoms with Crippen molar-refractivity contribution in [3.05, 3.63) is 48.0 Å². The average Bonchev–Trinajstić information content (AvgIpc) is 2.64. The van der Waals surface area contributed by atoms with Crippen LogP contribution in [-0.2, 0) is 26.7 Å². The van der Waals surface area contributed by atoms with Crippen molar-refractivity contribution >= 4 is 20.1 Å². The van der Waals surface area contributed by atoms with Gasteiger partial charge >= 0.3 is 10.1 Å². The second-order valence-electron chi connectivity index (χ2n) is 6.59. The van der Waals surface area contributed by atoms with Gasteiger partial charge in [-0.25, -0.2) is 8.42 Å². The fourth-order valence-electron chi connectivity index (χ4n) is 2.66. The molecule has 160 valence electrons. The van der Waals surface area contributed by atoms with Gasteiger partial charge in [-0.2, -0.15) is 12.7 Å². The van der Waals surface area contributed by atoms with Crippen molar-refractivity contribution in [2.75, 3.05) is 20.5 Å². The molecule has 0 radical (unpaired) electrons. The molecule has 0 spiro atoms. The molecule has 2 aromatic carbocycles. The van der Waals surface area contributed by atoms with E-state index < -0.39 is 20.1 Å². The molecule has 0 saturated heterocycles. The molecule has 0 aliphatic rings. The maximum absolute atomic E-state index is 13.1. The highest BCUT2D eigenvalue weighted by molar-refractivity contribution is 7.89. The number of benzene rings is 2. The van der Waals surface area contributed by atoms with E-state index in [1.807, 2.05) is 0 Å². The molecule has 0 unspecified atom stereocenters. The summed E-state index contributed by atoms with van der Waals surface area (Å²) in [6.45, 7) is 3.55. The van der Waals surface area contributed by atoms with Gasteiger partial charge in [-0.15, -0.1) is 0 Å². The van der Waals surface area contributed by atoms with Gasteiger partial charge in [0.15, 0.2) is 11.5 Å². The summed E-state index contributed by atoms with van der Waals surface area (Å²) in [5.74, 6) is 0.782. The first-order valence-corrected chi connectivity index (χ1v) is 12.0. The van der Waals surface area contributed by atoms with Gasteiger partial charge in [0.25, 0.3) is 0 Å². The minimum atomic E-state index is -3.80. The standard InChI is InChI=1S/C19H25NO7S2/c1-14(2)20(29(23,24)17-9-7-16(25-3)8-10-17)13-15-6-11-18(26-4)19(12-15)27-28(5,21)22/h6-12,14H,13H2,1-5H3. The second kappa shape index (κ2) is 9.02. The minimum Gasteiger partial charge on any atom is -0.497 e. The summed E-state index contributed by atoms with van der Waals surface area (Å²) >= 11 is 0. The zero-order valence-corrected chi connectivity index (χ0v) is 18.6. The van der Waals surface area contributed by atoms with Gasteiger partial charge in [0.05, 0.1) is 25.4 Å². The fourth-order valence-corrected chi connectivity index (χ4v) is 4.74. The Balaban J connectivity index is 2.40. The number of nitrogens with zero attached hydrogens (tertiary/aromatic N) is 1. The highest BCUT2D eigenvalue weighted by Crippen LogP contribution is 2.31. The van der Waals surface area contributed by atoms with Crippen molar-refractivity contribution in [3.63, 3.8) is 0 Å². The van der Waals surface area contributed by atoms with E-state index in [2.05, 4.69) is 0 Å². The summed E-state index contributed by atoms with van der Waals surface area (Å²) < 4.78 is 65.8. The van der Waals surface area contributed by atoms with Crippen LogP contribution in [0.15, 0.2) is 47.4 Å². The SMILES string of the molecule is COc1ccc(S(=O)(=O)N(Cc2ccc(OC)c(OS(C)(=O)=O)c2)C(C)C)cc1. The number of ether oxygens (including phenoxy) is 2. The third-order valence-corrected chi connectivity index (χ3v) is 6.57. The first-order chi connectivity index (χ1) is 13.5. The van der Waals surface area contributed by atoms with Gasteiger partial charge in [0, 0.05) is 12.6 Å². The summed E-state index contributed by atoms with van der Waals surface area (Å²) in [4.78, 5) is 0.133. The van der Waals surface area contributed by atoms with E-state index in [0.717, 1.165) is 6.26 Å². The van der Waals surface area contributed by atoms with Crippen molar-refractivity contribution in [2.24, 2.45) is 0 Å². The first kappa shape index (κ1) is 23.0. The van der Waals surface area contributed by atoms with Gasteiger partial charge in [-0.1, -0.05) is 6.07 Å². The van der Waals surface area contributed by atoms with Crippen LogP contribution in [0, 0.1) is 0 Å². The van der Waals surface area contributed by atoms with Crippen LogP contribution < -0.4 is 13.7 Å². The molecule has 0 aliphatic carbocycles. The lowest BCUT2D eigenvalue weighted by atomic mass is 10.2. The largest absolute Gasteiger partial charge is 0.497 e. The molecule has 0 aromatic heterocycles. The van der Waals surface area contributed by atoms with Crippen molar-refractivity contribution in [3.8, 4) is 17.2 Å². The van der Waals surface area contributed by atoms with E-state index in [1.165, 1.54) is 42.8 Å². The predicted octanol–water partition coefficient (Wildman–Crippen LogP) is 2.64. The molecule has 0 heterocycles. The predicted molar refractivity (Wildman–Crippen MR) is 109 cm³/mol. The molecule has 29 heavy (non-hydrogen) atoms. The molecule has 0 saturated carbocycles. The molecule has 2 aromatic rings. The van der Waals surface area contributed by atoms with E-state index in [1.54, 1.807) is 32.0 Å². The molecule has 8 nitrogen and oxygen atoms in total. The monoisotopic (exact) mass is 443 g/mol. The average molecular weight is 444 g/mol. The molecule has 0 amide bonds. The van der Waals surface area contributed by atoms with Crippen molar-refractivity contribution in [1.82, 2.24) is 4.31 Å². The molecular weight excluding hydrogens is 418 g/mol. The summed E-state index contributed by atoms with van der Waals surface area (Å²) in [6, 6.07) is 10.4. The lowest BCUT2D eigenvalue weighted by Crippen LogP contribution is -2.36. The zero-order valence-electron chi connectivity index (χ0n) is 16.9. The van der Waals surface area contributed by atoms with Crippen LogP contribution in [0.2, 0.25) is 0 Å². The lowest BCUT2D eigenvalue weighted by molar-refractivity contribution is 0.346. The van der Waals surface area contributed by atoms with Crippen molar-refractivity contribution < 1.29 is 30.5 Å². The molecule has 2 rings (SSSR count). The topological polar surface area (TPSA) is 99.2 Å². The molecule has 0 N–H and O–H groups in total. The maximum atomic E-state index is 13.1. The zero-order chi connectivity index (χ0) is 21.8. The first-order valence-electron chi connectivity index (χ1n) is 8.70. The van der Waals surface area contributed by atoms with Crippen LogP contribution in [0.4, 0.5) is 0 Å². The van der Waals surface area contributed by atoms with E-state index >= 15 is 0 Å². The molecular formula is C19H25NO7S2. The molecule has 0 bridgehead atoms. The summed E-state index contributed by atoms with van der Waals surface area (Å²) in [7, 11) is -4.68. The summed E-state index contributed by atoms with van der Waals surface area (Å²) in [5, 5.41) is 0. The molecule has 0 atom stereocenters. The molecule has 0 aliphatic heterocycles. The Morgan fingerprint density at radius 3 is 2.00 bits per heavy atom. The van der Waals surface area contributed by atoms with Crippen LogP contribution in [0.3, 0.4) is 0 Å². The third kappa shape index (κ3) is 5.84. The van der Waals surface area contributed by atoms with Crippen LogP contribution in [-0.4, -0.2) is 47.7 Å². The van der Waals surface area contributed by atoms with Gasteiger partial charge < -0.3 is 13.7 Å². The number of sulfonamides is 1. The smallest absolute Gasteiger partial charge is 0.306 e. The van der Waals surface area contributed by atoms with Gasteiger partial charge in [0.1, 0.15) is 5.75 Å². The maximum Gasteiger partial charge on any atom is 0.306 e. The van der Waals surface area contributed by atoms with Crippen molar-refractivity contribution in [1.29, 1.82) is 0 Å². The van der Waals surface area contributed by atoms with Crippen LogP contribution in [0.5, 0.6) is 17.2 Å². The number of hydrogen-bond acceptors (Lipinski definition) is 7. The Morgan fingerprint density at radius 2 is 1.52 bits per heavy atom. The molecule has 10 heteroatoms. The van der Waals surface area contributed by atoms with Crippen molar-refractivity contribution in [2.45, 2.75) is 31.3 Å². The molecule has 0 fully saturated rings. The summed E-state index contributed by atoms with van der Waals surface area (Å²) in [6.07, 6.45) is 0.924. The fraction of sp³-hybridized carbons (Fsp3) is 0.368. The highest BCUT2D eigenvalue weighted by atomic mass is 32.2. The van der Waals surface area contributed by atoms with E-state index in [4.69, 9.17) is 13.7 Å². The Morgan fingerprint density at radius 1 is 0.897 bits per heavy atom. The quantitative estimate of drug-likeness (QED) is 0.549. The number of methoxy groups -OCH3 is 2. The third-order valence-electron chi connectivity index (χ3n) is 4.05. The van der Waals surface area contributed by atoms with Gasteiger partial charge in [-0.05, 0) is 55.8 Å². The minimum absolute atomic E-state index is 0.00180. The summed E-state index contributed by atoms with van der Waals surface area (Å²) in [5.41, 5.74) is 0.551. The van der Waals surface area contributed by atoms with Crippen LogP contribution in [0.1, 0.15) is 19.4 Å². The van der Waals surface area contributed by atoms with Gasteiger partial charge in [0.2, 0.25) is 10.0 Å². The lowest BCUT2D eigenvalue weighted by Gasteiger charge is -2.26. The van der Waals surface area contributed by atoms with Crippen LogP contribution in [0.25, 0.3) is 0 Å². The van der Waals surface area contributed by atoms with E-state index in [0.29, 0.717) is 11.3 Å². The van der Waals surface area contributed by atoms with Gasteiger partial charge in [-0.3, -0.25) is 0 Å². The number of hydrogen-bond donors (Lipinski definition) is 0. The van der Waals surface area contributed by atoms with E-state index in [9.17, 15) is 16.8 Å². The second-order valence-corrected chi connectivity index (χ2v) is 10.1. The van der Waals surface area contributed by atoms with E-state index in [-0.39, 0.29) is 29.0 Å². The Hall–Kier alpha value is -2.30. The van der Waals surface area contributed by atoms with Crippen LogP contribution >= 0.6 is 0 Å². The Kier molecular flexibility index (Phi) is 7.15. The number of rotatable bonds is 9.